The van der Waals surface area contributed by atoms with Gasteiger partial charge in [-0.1, -0.05) is 41.5 Å². The van der Waals surface area contributed by atoms with Gasteiger partial charge in [0.05, 0.1) is 12.2 Å². The van der Waals surface area contributed by atoms with Crippen molar-refractivity contribution in [3.63, 3.8) is 0 Å². The lowest BCUT2D eigenvalue weighted by Crippen LogP contribution is -2.41. The van der Waals surface area contributed by atoms with E-state index >= 15 is 0 Å². The molecule has 0 aromatic rings. The summed E-state index contributed by atoms with van der Waals surface area (Å²) in [5.74, 6) is 6.97. The number of rotatable bonds is 1. The molecule has 0 aromatic heterocycles. The van der Waals surface area contributed by atoms with E-state index in [-0.39, 0.29) is 12.4 Å². The molecule has 4 heterocycles. The lowest BCUT2D eigenvalue weighted by Gasteiger charge is -2.44. The number of methoxy groups -OCH3 is 1. The van der Waals surface area contributed by atoms with Crippen LogP contribution in [0.15, 0.2) is 23.0 Å². The highest BCUT2D eigenvalue weighted by molar-refractivity contribution is 5.22. The zero-order valence-electron chi connectivity index (χ0n) is 28.4. The third kappa shape index (κ3) is 8.40. The SMILES string of the molecule is CC.CC1CCC2C3=C(O1)O[C@H](C)[C@H](C)C3CC[C@H]2C.CO[C@H]1OC2=C3C(CCC(C)O2)[C@H](C)CCC3[C@H]1C.OO.OO. The minimum atomic E-state index is -0.150. The molecule has 6 aliphatic rings. The Balaban J connectivity index is 0.000000256. The van der Waals surface area contributed by atoms with Crippen LogP contribution in [0, 0.1) is 47.3 Å². The first-order valence-corrected chi connectivity index (χ1v) is 16.8. The van der Waals surface area contributed by atoms with Crippen LogP contribution in [0.3, 0.4) is 0 Å². The molecular formula is C34H62O9. The Kier molecular flexibility index (Phi) is 15.6. The summed E-state index contributed by atoms with van der Waals surface area (Å²) in [4.78, 5) is 0. The van der Waals surface area contributed by atoms with Gasteiger partial charge in [-0.15, -0.1) is 0 Å². The van der Waals surface area contributed by atoms with Gasteiger partial charge < -0.3 is 23.7 Å². The third-order valence-corrected chi connectivity index (χ3v) is 10.9. The van der Waals surface area contributed by atoms with Crippen LogP contribution in [0.1, 0.15) is 114 Å². The second-order valence-corrected chi connectivity index (χ2v) is 13.3. The number of hydrogen-bond donors (Lipinski definition) is 4. The monoisotopic (exact) mass is 614 g/mol. The maximum Gasteiger partial charge on any atom is 0.281 e. The van der Waals surface area contributed by atoms with Gasteiger partial charge in [0.2, 0.25) is 6.29 Å². The van der Waals surface area contributed by atoms with Crippen molar-refractivity contribution in [2.75, 3.05) is 7.11 Å². The van der Waals surface area contributed by atoms with Crippen molar-refractivity contribution in [2.24, 2.45) is 47.3 Å². The van der Waals surface area contributed by atoms with E-state index in [2.05, 4.69) is 48.5 Å². The van der Waals surface area contributed by atoms with Crippen molar-refractivity contribution in [2.45, 2.75) is 138 Å². The molecule has 9 heteroatoms. The molecule has 6 unspecified atom stereocenters. The van der Waals surface area contributed by atoms with E-state index in [0.717, 1.165) is 30.1 Å². The van der Waals surface area contributed by atoms with Gasteiger partial charge in [0.15, 0.2) is 0 Å². The average Bonchev–Trinajstić information content (AvgIpc) is 3.30. The van der Waals surface area contributed by atoms with Gasteiger partial charge in [0.1, 0.15) is 6.10 Å². The van der Waals surface area contributed by atoms with E-state index in [9.17, 15) is 0 Å². The molecular weight excluding hydrogens is 552 g/mol. The van der Waals surface area contributed by atoms with Crippen LogP contribution >= 0.6 is 0 Å². The predicted octanol–water partition coefficient (Wildman–Crippen LogP) is 8.87. The van der Waals surface area contributed by atoms with E-state index in [1.54, 1.807) is 7.11 Å². The summed E-state index contributed by atoms with van der Waals surface area (Å²) in [6.07, 6.45) is 10.8. The fourth-order valence-electron chi connectivity index (χ4n) is 8.25. The maximum atomic E-state index is 6.10. The van der Waals surface area contributed by atoms with Crippen molar-refractivity contribution in [1.82, 2.24) is 0 Å². The van der Waals surface area contributed by atoms with Gasteiger partial charge in [-0.05, 0) is 114 Å². The van der Waals surface area contributed by atoms with Crippen molar-refractivity contribution in [3.05, 3.63) is 23.0 Å². The lowest BCUT2D eigenvalue weighted by atomic mass is 9.64. The molecule has 2 aliphatic carbocycles. The van der Waals surface area contributed by atoms with Crippen LogP contribution in [0.25, 0.3) is 0 Å². The van der Waals surface area contributed by atoms with Crippen molar-refractivity contribution < 1.29 is 44.7 Å². The third-order valence-electron chi connectivity index (χ3n) is 10.9. The fraction of sp³-hybridized carbons (Fsp3) is 0.882. The first-order chi connectivity index (χ1) is 20.7. The molecule has 4 aliphatic heterocycles. The minimum absolute atomic E-state index is 0.150. The quantitative estimate of drug-likeness (QED) is 0.169. The van der Waals surface area contributed by atoms with Crippen LogP contribution < -0.4 is 0 Å². The van der Waals surface area contributed by atoms with E-state index in [0.29, 0.717) is 47.7 Å². The average molecular weight is 615 g/mol. The van der Waals surface area contributed by atoms with Gasteiger partial charge >= 0.3 is 0 Å². The summed E-state index contributed by atoms with van der Waals surface area (Å²) < 4.78 is 29.8. The van der Waals surface area contributed by atoms with Crippen LogP contribution in [-0.4, -0.2) is 52.7 Å². The maximum absolute atomic E-state index is 6.10. The number of allylic oxidation sites excluding steroid dienone is 2. The first-order valence-electron chi connectivity index (χ1n) is 16.8. The van der Waals surface area contributed by atoms with Crippen LogP contribution in [0.2, 0.25) is 0 Å². The van der Waals surface area contributed by atoms with Gasteiger partial charge in [0.25, 0.3) is 11.9 Å². The Bertz CT molecular complexity index is 885. The summed E-state index contributed by atoms with van der Waals surface area (Å²) in [6, 6.07) is 0. The van der Waals surface area contributed by atoms with Crippen LogP contribution in [0.4, 0.5) is 0 Å². The molecule has 4 N–H and O–H groups in total. The van der Waals surface area contributed by atoms with Gasteiger partial charge in [0, 0.05) is 24.2 Å². The molecule has 0 amide bonds. The number of hydrogen-bond acceptors (Lipinski definition) is 9. The molecule has 2 saturated carbocycles. The number of ether oxygens (including phenoxy) is 5. The van der Waals surface area contributed by atoms with E-state index < -0.39 is 0 Å². The highest BCUT2D eigenvalue weighted by atomic mass is 17.0. The normalized spacial score (nSPS) is 40.7. The highest BCUT2D eigenvalue weighted by Gasteiger charge is 2.47. The zero-order chi connectivity index (χ0) is 32.4. The first kappa shape index (κ1) is 37.7. The van der Waals surface area contributed by atoms with Gasteiger partial charge in [-0.2, -0.15) is 0 Å². The zero-order valence-corrected chi connectivity index (χ0v) is 28.4. The second kappa shape index (κ2) is 17.8. The standard InChI is InChI=1S/C16H26O3.C16H26O2.C2H6.2H2O2/c1-9-5-7-13-11(3)15(17-4)19-16-14(13)12(9)8-6-10(2)18-16;1-9-5-7-14-11(3)12(4)18-16-15(14)13(9)8-6-10(2)17-16;3*1-2/h9-13,15H,5-8H2,1-4H3;9-14H,5-8H2,1-4H3;1-2H3;2*1-2H/t9-,10?,11-,12?,13?,15+;9-,10?,11+,12-,13?,14?;;;/m11.../s1. The molecule has 0 spiro atoms. The Hall–Kier alpha value is -1.52. The molecule has 9 nitrogen and oxygen atoms in total. The van der Waals surface area contributed by atoms with Crippen molar-refractivity contribution in [3.8, 4) is 0 Å². The second-order valence-electron chi connectivity index (χ2n) is 13.3. The predicted molar refractivity (Wildman–Crippen MR) is 167 cm³/mol. The van der Waals surface area contributed by atoms with Gasteiger partial charge in [-0.3, -0.25) is 21.0 Å². The van der Waals surface area contributed by atoms with E-state index in [1.807, 2.05) is 13.8 Å². The topological polar surface area (TPSA) is 127 Å². The molecule has 2 fully saturated rings. The smallest absolute Gasteiger partial charge is 0.281 e. The summed E-state index contributed by atoms with van der Waals surface area (Å²) in [5, 5.41) is 24.0. The Morgan fingerprint density at radius 1 is 0.512 bits per heavy atom. The lowest BCUT2D eigenvalue weighted by molar-refractivity contribution is -0.190. The molecule has 43 heavy (non-hydrogen) atoms. The fourth-order valence-corrected chi connectivity index (χ4v) is 8.25. The van der Waals surface area contributed by atoms with Crippen LogP contribution in [-0.2, 0) is 23.7 Å². The highest BCUT2D eigenvalue weighted by Crippen LogP contribution is 2.52. The molecule has 0 saturated heterocycles. The summed E-state index contributed by atoms with van der Waals surface area (Å²) in [7, 11) is 1.73. The van der Waals surface area contributed by atoms with Crippen LogP contribution in [0.5, 0.6) is 0 Å². The largest absolute Gasteiger partial charge is 0.462 e. The van der Waals surface area contributed by atoms with Gasteiger partial charge in [-0.25, -0.2) is 0 Å². The molecule has 0 aromatic carbocycles. The molecule has 0 bridgehead atoms. The Morgan fingerprint density at radius 2 is 0.907 bits per heavy atom. The Morgan fingerprint density at radius 3 is 1.35 bits per heavy atom. The minimum Gasteiger partial charge on any atom is -0.462 e. The van der Waals surface area contributed by atoms with E-state index in [4.69, 9.17) is 44.7 Å². The summed E-state index contributed by atoms with van der Waals surface area (Å²) in [6.45, 7) is 19.9. The van der Waals surface area contributed by atoms with Crippen molar-refractivity contribution >= 4 is 0 Å². The molecule has 252 valence electrons. The molecule has 6 rings (SSSR count). The summed E-state index contributed by atoms with van der Waals surface area (Å²) in [5.41, 5.74) is 2.99. The Labute approximate surface area is 260 Å². The van der Waals surface area contributed by atoms with Crippen molar-refractivity contribution in [1.29, 1.82) is 0 Å². The molecule has 0 radical (unpaired) electrons. The van der Waals surface area contributed by atoms with E-state index in [1.165, 1.54) is 56.1 Å². The summed E-state index contributed by atoms with van der Waals surface area (Å²) >= 11 is 0. The molecule has 12 atom stereocenters.